The van der Waals surface area contributed by atoms with E-state index >= 15 is 0 Å². The first-order valence-corrected chi connectivity index (χ1v) is 9.62. The average Bonchev–Trinajstić information content (AvgIpc) is 2.70. The lowest BCUT2D eigenvalue weighted by molar-refractivity contribution is 0.347. The van der Waals surface area contributed by atoms with Crippen LogP contribution in [0.1, 0.15) is 25.0 Å². The first-order valence-electron chi connectivity index (χ1n) is 7.66. The van der Waals surface area contributed by atoms with Crippen LogP contribution in [-0.4, -0.2) is 10.8 Å². The van der Waals surface area contributed by atoms with Crippen molar-refractivity contribution >= 4 is 12.5 Å². The van der Waals surface area contributed by atoms with Gasteiger partial charge in [-0.05, 0) is 11.1 Å². The molecule has 0 fully saturated rings. The number of allylic oxidation sites excluding steroid dienone is 1. The fraction of sp³-hybridized carbons (Fsp3) is 0.263. The van der Waals surface area contributed by atoms with E-state index in [0.717, 1.165) is 11.1 Å². The summed E-state index contributed by atoms with van der Waals surface area (Å²) >= 11 is 0. The summed E-state index contributed by atoms with van der Waals surface area (Å²) in [6.07, 6.45) is 0.508. The van der Waals surface area contributed by atoms with Crippen molar-refractivity contribution in [3.05, 3.63) is 77.5 Å². The summed E-state index contributed by atoms with van der Waals surface area (Å²) in [7, 11) is -2.70. The molecule has 1 aliphatic heterocycles. The Kier molecular flexibility index (Phi) is 3.97. The zero-order valence-corrected chi connectivity index (χ0v) is 13.8. The van der Waals surface area contributed by atoms with Gasteiger partial charge in [0.1, 0.15) is 12.9 Å². The molecule has 2 aromatic rings. The number of benzene rings is 2. The van der Waals surface area contributed by atoms with E-state index in [-0.39, 0.29) is 11.6 Å². The summed E-state index contributed by atoms with van der Waals surface area (Å²) < 4.78 is 13.8. The third kappa shape index (κ3) is 2.42. The highest BCUT2D eigenvalue weighted by molar-refractivity contribution is 7.74. The lowest BCUT2D eigenvalue weighted by Crippen LogP contribution is -2.10. The van der Waals surface area contributed by atoms with Gasteiger partial charge in [0.05, 0.1) is 5.31 Å². The Labute approximate surface area is 131 Å². The number of hydrogen-bond acceptors (Lipinski definition) is 2. The van der Waals surface area contributed by atoms with Crippen molar-refractivity contribution in [3.8, 4) is 0 Å². The summed E-state index contributed by atoms with van der Waals surface area (Å²) in [4.78, 5) is 0. The SMILES string of the molecule is C[C@@H]1C(O)=C(c2ccccc2)[P@@](=O)(Cc2ccccc2)[C@H]1C. The van der Waals surface area contributed by atoms with E-state index in [0.29, 0.717) is 17.2 Å². The average molecular weight is 312 g/mol. The van der Waals surface area contributed by atoms with Crippen molar-refractivity contribution in [1.82, 2.24) is 0 Å². The molecule has 114 valence electrons. The van der Waals surface area contributed by atoms with Crippen LogP contribution in [0.25, 0.3) is 5.31 Å². The van der Waals surface area contributed by atoms with Gasteiger partial charge in [-0.15, -0.1) is 0 Å². The van der Waals surface area contributed by atoms with E-state index in [4.69, 9.17) is 0 Å². The molecule has 0 bridgehead atoms. The van der Waals surface area contributed by atoms with Crippen molar-refractivity contribution in [1.29, 1.82) is 0 Å². The lowest BCUT2D eigenvalue weighted by Gasteiger charge is -2.22. The Morgan fingerprint density at radius 3 is 2.09 bits per heavy atom. The molecular formula is C19H21O2P. The first-order chi connectivity index (χ1) is 10.5. The predicted octanol–water partition coefficient (Wildman–Crippen LogP) is 5.51. The van der Waals surface area contributed by atoms with Crippen molar-refractivity contribution in [2.75, 3.05) is 0 Å². The molecule has 1 aliphatic rings. The van der Waals surface area contributed by atoms with Crippen molar-refractivity contribution < 1.29 is 9.67 Å². The van der Waals surface area contributed by atoms with Gasteiger partial charge in [0.25, 0.3) is 0 Å². The van der Waals surface area contributed by atoms with Crippen LogP contribution in [0.3, 0.4) is 0 Å². The van der Waals surface area contributed by atoms with Crippen LogP contribution in [0.4, 0.5) is 0 Å². The second-order valence-corrected chi connectivity index (χ2v) is 9.24. The molecule has 0 saturated heterocycles. The standard InChI is InChI=1S/C19H21O2P/c1-14-15(2)22(21,13-16-9-5-3-6-10-16)19(18(14)20)17-11-7-4-8-12-17/h3-12,14-15,20H,13H2,1-2H3/t14-,15-,22+/m0/s1. The molecule has 22 heavy (non-hydrogen) atoms. The lowest BCUT2D eigenvalue weighted by atomic mass is 10.0. The molecular weight excluding hydrogens is 291 g/mol. The van der Waals surface area contributed by atoms with Gasteiger partial charge in [0, 0.05) is 17.7 Å². The molecule has 0 saturated carbocycles. The van der Waals surface area contributed by atoms with Gasteiger partial charge in [-0.1, -0.05) is 74.5 Å². The molecule has 3 heteroatoms. The Hall–Kier alpha value is -1.79. The minimum atomic E-state index is -2.70. The molecule has 2 nitrogen and oxygen atoms in total. The van der Waals surface area contributed by atoms with Gasteiger partial charge in [0.2, 0.25) is 0 Å². The van der Waals surface area contributed by atoms with Crippen LogP contribution in [0, 0.1) is 5.92 Å². The smallest absolute Gasteiger partial charge is 0.127 e. The van der Waals surface area contributed by atoms with Gasteiger partial charge in [-0.25, -0.2) is 0 Å². The maximum absolute atomic E-state index is 13.8. The second kappa shape index (κ2) is 5.78. The normalized spacial score (nSPS) is 28.1. The Morgan fingerprint density at radius 2 is 1.50 bits per heavy atom. The first kappa shape index (κ1) is 15.1. The summed E-state index contributed by atoms with van der Waals surface area (Å²) in [6, 6.07) is 19.6. The van der Waals surface area contributed by atoms with E-state index in [2.05, 4.69) is 0 Å². The van der Waals surface area contributed by atoms with E-state index in [1.165, 1.54) is 0 Å². The van der Waals surface area contributed by atoms with Gasteiger partial charge < -0.3 is 9.67 Å². The molecule has 0 unspecified atom stereocenters. The van der Waals surface area contributed by atoms with Gasteiger partial charge >= 0.3 is 0 Å². The topological polar surface area (TPSA) is 37.3 Å². The highest BCUT2D eigenvalue weighted by Crippen LogP contribution is 2.71. The number of aliphatic hydroxyl groups excluding tert-OH is 1. The highest BCUT2D eigenvalue weighted by atomic mass is 31.2. The van der Waals surface area contributed by atoms with E-state index in [9.17, 15) is 9.67 Å². The number of rotatable bonds is 3. The maximum atomic E-state index is 13.8. The fourth-order valence-corrected chi connectivity index (χ4v) is 6.89. The summed E-state index contributed by atoms with van der Waals surface area (Å²) in [6.45, 7) is 3.97. The summed E-state index contributed by atoms with van der Waals surface area (Å²) in [5.41, 5.74) is 1.91. The van der Waals surface area contributed by atoms with E-state index in [1.54, 1.807) is 0 Å². The van der Waals surface area contributed by atoms with Crippen molar-refractivity contribution in [3.63, 3.8) is 0 Å². The number of hydrogen-bond donors (Lipinski definition) is 1. The molecule has 1 N–H and O–H groups in total. The van der Waals surface area contributed by atoms with Crippen LogP contribution in [-0.2, 0) is 10.7 Å². The van der Waals surface area contributed by atoms with E-state index < -0.39 is 7.14 Å². The largest absolute Gasteiger partial charge is 0.511 e. The Bertz CT molecular complexity index is 735. The quantitative estimate of drug-likeness (QED) is 0.758. The monoisotopic (exact) mass is 312 g/mol. The zero-order valence-electron chi connectivity index (χ0n) is 12.9. The van der Waals surface area contributed by atoms with Gasteiger partial charge in [-0.2, -0.15) is 0 Å². The van der Waals surface area contributed by atoms with Crippen LogP contribution < -0.4 is 0 Å². The molecule has 0 radical (unpaired) electrons. The molecule has 3 atom stereocenters. The third-order valence-corrected chi connectivity index (χ3v) is 8.58. The minimum absolute atomic E-state index is 0.0390. The maximum Gasteiger partial charge on any atom is 0.127 e. The highest BCUT2D eigenvalue weighted by Gasteiger charge is 2.47. The van der Waals surface area contributed by atoms with Crippen LogP contribution in [0.5, 0.6) is 0 Å². The molecule has 0 aliphatic carbocycles. The molecule has 3 rings (SSSR count). The Balaban J connectivity index is 2.10. The number of aliphatic hydroxyl groups is 1. The van der Waals surface area contributed by atoms with Crippen molar-refractivity contribution in [2.45, 2.75) is 25.7 Å². The summed E-state index contributed by atoms with van der Waals surface area (Å²) in [5, 5.41) is 11.3. The molecule has 2 aromatic carbocycles. The Morgan fingerprint density at radius 1 is 0.955 bits per heavy atom. The summed E-state index contributed by atoms with van der Waals surface area (Å²) in [5.74, 6) is 0.239. The van der Waals surface area contributed by atoms with E-state index in [1.807, 2.05) is 74.5 Å². The van der Waals surface area contributed by atoms with Gasteiger partial charge in [0.15, 0.2) is 0 Å². The second-order valence-electron chi connectivity index (χ2n) is 6.07. The fourth-order valence-electron chi connectivity index (χ4n) is 3.24. The van der Waals surface area contributed by atoms with Crippen LogP contribution >= 0.6 is 7.14 Å². The molecule has 0 aromatic heterocycles. The minimum Gasteiger partial charge on any atom is -0.511 e. The van der Waals surface area contributed by atoms with Crippen LogP contribution in [0.2, 0.25) is 0 Å². The van der Waals surface area contributed by atoms with Crippen LogP contribution in [0.15, 0.2) is 66.4 Å². The molecule has 0 amide bonds. The predicted molar refractivity (Wildman–Crippen MR) is 92.4 cm³/mol. The third-order valence-electron chi connectivity index (χ3n) is 4.74. The molecule has 1 heterocycles. The van der Waals surface area contributed by atoms with Gasteiger partial charge in [-0.3, -0.25) is 0 Å². The zero-order chi connectivity index (χ0) is 15.7. The molecule has 0 spiro atoms. The van der Waals surface area contributed by atoms with Crippen molar-refractivity contribution in [2.24, 2.45) is 5.92 Å².